The minimum Gasteiger partial charge on any atom is -0.368 e. The molecule has 0 saturated carbocycles. The number of anilines is 2. The molecule has 6 nitrogen and oxygen atoms in total. The van der Waals surface area contributed by atoms with Crippen molar-refractivity contribution in [3.05, 3.63) is 46.7 Å². The van der Waals surface area contributed by atoms with Crippen LogP contribution in [0, 0.1) is 6.92 Å². The molecule has 118 valence electrons. The zero-order valence-electron chi connectivity index (χ0n) is 12.9. The van der Waals surface area contributed by atoms with Gasteiger partial charge in [0.2, 0.25) is 0 Å². The van der Waals surface area contributed by atoms with Gasteiger partial charge in [-0.05, 0) is 37.3 Å². The molecule has 23 heavy (non-hydrogen) atoms. The lowest BCUT2D eigenvalue weighted by Gasteiger charge is -2.36. The van der Waals surface area contributed by atoms with Gasteiger partial charge in [-0.15, -0.1) is 15.3 Å². The predicted molar refractivity (Wildman–Crippen MR) is 94.1 cm³/mol. The molecule has 0 bridgehead atoms. The van der Waals surface area contributed by atoms with Crippen LogP contribution < -0.4 is 9.80 Å². The van der Waals surface area contributed by atoms with Gasteiger partial charge >= 0.3 is 0 Å². The quantitative estimate of drug-likeness (QED) is 0.691. The standard InChI is InChI=1S/C16H17BrN6/c1-12-18-19-15-5-6-16(20-23(12)15)22-9-7-21(8-10-22)14-4-2-3-13(17)11-14/h2-6,11H,7-10H2,1H3. The number of piperazine rings is 1. The lowest BCUT2D eigenvalue weighted by Crippen LogP contribution is -2.47. The molecule has 3 heterocycles. The molecule has 0 amide bonds. The van der Waals surface area contributed by atoms with Crippen LogP contribution >= 0.6 is 15.9 Å². The van der Waals surface area contributed by atoms with Crippen LogP contribution in [0.2, 0.25) is 0 Å². The summed E-state index contributed by atoms with van der Waals surface area (Å²) in [4.78, 5) is 4.72. The van der Waals surface area contributed by atoms with Gasteiger partial charge in [0.15, 0.2) is 11.5 Å². The molecular weight excluding hydrogens is 356 g/mol. The van der Waals surface area contributed by atoms with Crippen molar-refractivity contribution in [2.24, 2.45) is 0 Å². The summed E-state index contributed by atoms with van der Waals surface area (Å²) in [7, 11) is 0. The highest BCUT2D eigenvalue weighted by Crippen LogP contribution is 2.22. The number of aromatic nitrogens is 4. The number of hydrogen-bond acceptors (Lipinski definition) is 5. The van der Waals surface area contributed by atoms with Crippen LogP contribution in [0.3, 0.4) is 0 Å². The Labute approximate surface area is 142 Å². The number of fused-ring (bicyclic) bond motifs is 1. The fourth-order valence-corrected chi connectivity index (χ4v) is 3.31. The number of rotatable bonds is 2. The predicted octanol–water partition coefficient (Wildman–Crippen LogP) is 2.52. The SMILES string of the molecule is Cc1nnc2ccc(N3CCN(c4cccc(Br)c4)CC3)nn12. The third kappa shape index (κ3) is 2.76. The third-order valence-corrected chi connectivity index (χ3v) is 4.67. The van der Waals surface area contributed by atoms with E-state index in [9.17, 15) is 0 Å². The van der Waals surface area contributed by atoms with E-state index in [-0.39, 0.29) is 0 Å². The molecule has 0 atom stereocenters. The van der Waals surface area contributed by atoms with Crippen LogP contribution in [0.25, 0.3) is 5.65 Å². The van der Waals surface area contributed by atoms with Crippen molar-refractivity contribution >= 4 is 33.1 Å². The van der Waals surface area contributed by atoms with Crippen molar-refractivity contribution in [3.8, 4) is 0 Å². The monoisotopic (exact) mass is 372 g/mol. The Bertz CT molecular complexity index is 837. The fourth-order valence-electron chi connectivity index (χ4n) is 2.92. The van der Waals surface area contributed by atoms with Crippen molar-refractivity contribution in [2.75, 3.05) is 36.0 Å². The van der Waals surface area contributed by atoms with Gasteiger partial charge in [-0.25, -0.2) is 0 Å². The Kier molecular flexibility index (Phi) is 3.65. The Morgan fingerprint density at radius 1 is 0.957 bits per heavy atom. The maximum atomic E-state index is 4.66. The van der Waals surface area contributed by atoms with Gasteiger partial charge in [0.1, 0.15) is 5.82 Å². The van der Waals surface area contributed by atoms with E-state index in [0.29, 0.717) is 0 Å². The van der Waals surface area contributed by atoms with Crippen LogP contribution in [0.5, 0.6) is 0 Å². The van der Waals surface area contributed by atoms with Crippen LogP contribution in [-0.4, -0.2) is 46.0 Å². The highest BCUT2D eigenvalue weighted by molar-refractivity contribution is 9.10. The summed E-state index contributed by atoms with van der Waals surface area (Å²) in [5.74, 6) is 1.80. The van der Waals surface area contributed by atoms with Crippen molar-refractivity contribution in [1.82, 2.24) is 19.8 Å². The molecule has 4 rings (SSSR count). The first-order valence-electron chi connectivity index (χ1n) is 7.65. The summed E-state index contributed by atoms with van der Waals surface area (Å²) in [5.41, 5.74) is 2.05. The van der Waals surface area contributed by atoms with E-state index < -0.39 is 0 Å². The molecule has 7 heteroatoms. The topological polar surface area (TPSA) is 49.6 Å². The lowest BCUT2D eigenvalue weighted by atomic mass is 10.2. The Hall–Kier alpha value is -2.15. The summed E-state index contributed by atoms with van der Waals surface area (Å²) in [6.07, 6.45) is 0. The first kappa shape index (κ1) is 14.4. The van der Waals surface area contributed by atoms with Gasteiger partial charge < -0.3 is 9.80 Å². The van der Waals surface area contributed by atoms with E-state index in [0.717, 1.165) is 47.9 Å². The molecule has 1 saturated heterocycles. The second-order valence-electron chi connectivity index (χ2n) is 5.66. The average Bonchev–Trinajstić information content (AvgIpc) is 2.96. The van der Waals surface area contributed by atoms with Crippen LogP contribution in [0.15, 0.2) is 40.9 Å². The first-order chi connectivity index (χ1) is 11.2. The van der Waals surface area contributed by atoms with E-state index >= 15 is 0 Å². The average molecular weight is 373 g/mol. The van der Waals surface area contributed by atoms with Crippen molar-refractivity contribution in [2.45, 2.75) is 6.92 Å². The van der Waals surface area contributed by atoms with Gasteiger partial charge in [-0.1, -0.05) is 22.0 Å². The second-order valence-corrected chi connectivity index (χ2v) is 6.58. The normalized spacial score (nSPS) is 15.4. The van der Waals surface area contributed by atoms with Gasteiger partial charge in [0.25, 0.3) is 0 Å². The Balaban J connectivity index is 1.51. The summed E-state index contributed by atoms with van der Waals surface area (Å²) >= 11 is 3.54. The zero-order chi connectivity index (χ0) is 15.8. The molecule has 0 aliphatic carbocycles. The molecule has 1 aliphatic heterocycles. The largest absolute Gasteiger partial charge is 0.368 e. The summed E-state index contributed by atoms with van der Waals surface area (Å²) in [6.45, 7) is 5.79. The minimum atomic E-state index is 0.791. The van der Waals surface area contributed by atoms with E-state index in [2.05, 4.69) is 65.3 Å². The highest BCUT2D eigenvalue weighted by Gasteiger charge is 2.19. The molecular formula is C16H17BrN6. The molecule has 1 aromatic carbocycles. The summed E-state index contributed by atoms with van der Waals surface area (Å²) < 4.78 is 2.92. The molecule has 0 spiro atoms. The fraction of sp³-hybridized carbons (Fsp3) is 0.312. The van der Waals surface area contributed by atoms with Gasteiger partial charge in [-0.3, -0.25) is 0 Å². The van der Waals surface area contributed by atoms with Crippen molar-refractivity contribution in [1.29, 1.82) is 0 Å². The summed E-state index contributed by atoms with van der Waals surface area (Å²) in [6, 6.07) is 12.5. The number of benzene rings is 1. The lowest BCUT2D eigenvalue weighted by molar-refractivity contribution is 0.640. The molecule has 1 fully saturated rings. The van der Waals surface area contributed by atoms with Gasteiger partial charge in [0, 0.05) is 36.3 Å². The van der Waals surface area contributed by atoms with Crippen molar-refractivity contribution in [3.63, 3.8) is 0 Å². The zero-order valence-corrected chi connectivity index (χ0v) is 14.4. The Morgan fingerprint density at radius 3 is 2.52 bits per heavy atom. The molecule has 1 aliphatic rings. The number of nitrogens with zero attached hydrogens (tertiary/aromatic N) is 6. The number of halogens is 1. The van der Waals surface area contributed by atoms with E-state index in [4.69, 9.17) is 0 Å². The summed E-state index contributed by atoms with van der Waals surface area (Å²) in [5, 5.41) is 12.8. The van der Waals surface area contributed by atoms with Crippen molar-refractivity contribution < 1.29 is 0 Å². The van der Waals surface area contributed by atoms with E-state index in [1.165, 1.54) is 5.69 Å². The second kappa shape index (κ2) is 5.81. The molecule has 2 aromatic heterocycles. The molecule has 3 aromatic rings. The smallest absolute Gasteiger partial charge is 0.178 e. The number of aryl methyl sites for hydroxylation is 1. The maximum absolute atomic E-state index is 4.66. The minimum absolute atomic E-state index is 0.791. The van der Waals surface area contributed by atoms with Crippen LogP contribution in [0.4, 0.5) is 11.5 Å². The van der Waals surface area contributed by atoms with Crippen LogP contribution in [-0.2, 0) is 0 Å². The molecule has 0 N–H and O–H groups in total. The van der Waals surface area contributed by atoms with E-state index in [1.54, 1.807) is 4.52 Å². The highest BCUT2D eigenvalue weighted by atomic mass is 79.9. The Morgan fingerprint density at radius 2 is 1.74 bits per heavy atom. The van der Waals surface area contributed by atoms with Gasteiger partial charge in [-0.2, -0.15) is 4.52 Å². The molecule has 0 radical (unpaired) electrons. The van der Waals surface area contributed by atoms with E-state index in [1.807, 2.05) is 19.1 Å². The van der Waals surface area contributed by atoms with Gasteiger partial charge in [0.05, 0.1) is 0 Å². The van der Waals surface area contributed by atoms with Crippen LogP contribution in [0.1, 0.15) is 5.82 Å². The maximum Gasteiger partial charge on any atom is 0.178 e. The number of hydrogen-bond donors (Lipinski definition) is 0. The first-order valence-corrected chi connectivity index (χ1v) is 8.44. The molecule has 0 unspecified atom stereocenters. The third-order valence-electron chi connectivity index (χ3n) is 4.18.